The van der Waals surface area contributed by atoms with Crippen molar-refractivity contribution in [3.05, 3.63) is 60.2 Å². The number of hydrogen-bond donors (Lipinski definition) is 4. The van der Waals surface area contributed by atoms with E-state index in [4.69, 9.17) is 33.2 Å². The number of hydrogen-bond acceptors (Lipinski definition) is 15. The summed E-state index contributed by atoms with van der Waals surface area (Å²) in [7, 11) is 5.03. The number of cyclic esters (lactones) is 1. The van der Waals surface area contributed by atoms with Crippen LogP contribution in [0.25, 0.3) is 0 Å². The number of likely N-dealkylation sites (N-methyl/N-ethyl adjacent to an activating group) is 1. The van der Waals surface area contributed by atoms with Gasteiger partial charge in [0.2, 0.25) is 0 Å². The number of carbonyl (C=O) groups is 3. The first-order valence-electron chi connectivity index (χ1n) is 23.2. The molecule has 0 radical (unpaired) electrons. The minimum atomic E-state index is -1.48. The third kappa shape index (κ3) is 16.1. The predicted octanol–water partition coefficient (Wildman–Crippen LogP) is 4.67. The average Bonchev–Trinajstić information content (AvgIpc) is 3.20. The Morgan fingerprint density at radius 3 is 2.34 bits per heavy atom. The molecule has 0 spiro atoms. The van der Waals surface area contributed by atoms with Crippen LogP contribution in [0.3, 0.4) is 0 Å². The zero-order valence-corrected chi connectivity index (χ0v) is 39.8. The van der Waals surface area contributed by atoms with Gasteiger partial charge in [-0.3, -0.25) is 14.4 Å². The van der Waals surface area contributed by atoms with Gasteiger partial charge in [0, 0.05) is 32.3 Å². The third-order valence-electron chi connectivity index (χ3n) is 12.4. The highest BCUT2D eigenvalue weighted by molar-refractivity contribution is 5.91. The lowest BCUT2D eigenvalue weighted by atomic mass is 9.82. The average molecular weight is 903 g/mol. The van der Waals surface area contributed by atoms with Crippen LogP contribution in [-0.2, 0) is 54.0 Å². The van der Waals surface area contributed by atoms with Crippen molar-refractivity contribution in [3.8, 4) is 0 Å². The molecule has 2 saturated heterocycles. The molecule has 64 heavy (non-hydrogen) atoms. The molecular formula is C49H78N2O13. The highest BCUT2D eigenvalue weighted by Crippen LogP contribution is 2.37. The van der Waals surface area contributed by atoms with Crippen LogP contribution in [0.15, 0.2) is 54.6 Å². The molecule has 3 aliphatic heterocycles. The van der Waals surface area contributed by atoms with Gasteiger partial charge in [0.15, 0.2) is 24.5 Å². The Labute approximate surface area is 381 Å². The van der Waals surface area contributed by atoms with E-state index in [2.05, 4.69) is 17.4 Å². The Balaban J connectivity index is 1.60. The Morgan fingerprint density at radius 1 is 0.969 bits per heavy atom. The molecule has 3 heterocycles. The summed E-state index contributed by atoms with van der Waals surface area (Å²) >= 11 is 0. The van der Waals surface area contributed by atoms with Crippen LogP contribution in [0.4, 0.5) is 0 Å². The first-order chi connectivity index (χ1) is 30.3. The summed E-state index contributed by atoms with van der Waals surface area (Å²) in [5.74, 6) is -1.92. The van der Waals surface area contributed by atoms with Crippen LogP contribution < -0.4 is 5.32 Å². The van der Waals surface area contributed by atoms with Gasteiger partial charge in [-0.25, -0.2) is 0 Å². The standard InChI is InChI=1S/C49H78N2O13/c1-30(2)26-39(54)62-47-34(6)60-41(29-49(47,7)57)63-44-33(5)61-48(43(56)42(44)51(8)9)64-45-36(23-25-50-24-17-21-35-19-14-12-15-20-35)27-31(3)37(52)22-16-11-13-18-32(4)59-40(55)28-38(53)46(45)58-10/h11-16,19-20,22,30-34,36,38,41-48,50,53,56-57H,17-18,21,23-29H2,1-10H3/b13-11+,22-16+/t31-,32-,33-,34+,36-,38+,41+,42-,43-,44-,45+,46+,47+,48+,49-/m1/s1. The van der Waals surface area contributed by atoms with Gasteiger partial charge in [0.05, 0.1) is 36.9 Å². The number of aliphatic hydroxyl groups excluding tert-OH is 2. The number of allylic oxidation sites excluding steroid dienone is 3. The predicted molar refractivity (Wildman–Crippen MR) is 241 cm³/mol. The Morgan fingerprint density at radius 2 is 1.69 bits per heavy atom. The first kappa shape index (κ1) is 53.5. The maximum absolute atomic E-state index is 13.5. The van der Waals surface area contributed by atoms with Crippen LogP contribution >= 0.6 is 0 Å². The molecule has 362 valence electrons. The molecule has 0 amide bonds. The lowest BCUT2D eigenvalue weighted by molar-refractivity contribution is -0.344. The number of carbonyl (C=O) groups excluding carboxylic acids is 3. The van der Waals surface area contributed by atoms with Gasteiger partial charge in [0.1, 0.15) is 30.0 Å². The number of nitrogens with one attached hydrogen (secondary N) is 1. The zero-order chi connectivity index (χ0) is 47.1. The molecule has 15 heteroatoms. The van der Waals surface area contributed by atoms with Crippen molar-refractivity contribution in [1.82, 2.24) is 10.2 Å². The van der Waals surface area contributed by atoms with E-state index in [0.29, 0.717) is 25.8 Å². The summed E-state index contributed by atoms with van der Waals surface area (Å²) in [4.78, 5) is 41.1. The maximum atomic E-state index is 13.5. The molecule has 0 aromatic heterocycles. The summed E-state index contributed by atoms with van der Waals surface area (Å²) in [5.41, 5.74) is -0.229. The summed E-state index contributed by atoms with van der Waals surface area (Å²) in [5, 5.41) is 39.1. The minimum Gasteiger partial charge on any atom is -0.462 e. The van der Waals surface area contributed by atoms with Gasteiger partial charge in [-0.05, 0) is 104 Å². The zero-order valence-electron chi connectivity index (χ0n) is 39.8. The lowest BCUT2D eigenvalue weighted by Crippen LogP contribution is -2.66. The summed E-state index contributed by atoms with van der Waals surface area (Å²) in [6.45, 7) is 13.8. The molecule has 1 aromatic rings. The summed E-state index contributed by atoms with van der Waals surface area (Å²) < 4.78 is 43.4. The van der Waals surface area contributed by atoms with E-state index in [1.165, 1.54) is 18.7 Å². The molecule has 15 nitrogen and oxygen atoms in total. The van der Waals surface area contributed by atoms with Gasteiger partial charge in [0.25, 0.3) is 0 Å². The van der Waals surface area contributed by atoms with E-state index in [0.717, 1.165) is 19.4 Å². The van der Waals surface area contributed by atoms with E-state index < -0.39 is 103 Å². The number of nitrogens with zero attached hydrogens (tertiary/aromatic N) is 1. The molecule has 0 aliphatic carbocycles. The first-order valence-corrected chi connectivity index (χ1v) is 23.2. The van der Waals surface area contributed by atoms with Crippen molar-refractivity contribution in [2.24, 2.45) is 17.8 Å². The molecule has 0 saturated carbocycles. The Bertz CT molecular complexity index is 1640. The van der Waals surface area contributed by atoms with Crippen molar-refractivity contribution in [2.75, 3.05) is 34.3 Å². The van der Waals surface area contributed by atoms with Crippen molar-refractivity contribution in [3.63, 3.8) is 0 Å². The SMILES string of the molecule is CO[C@@H]1[C@@H](O[C@@H]2O[C@H](C)[C@@H](O[C@H]3C[C@@](C)(O)[C@@H](OC(=O)CC(C)C)[C@H](C)O3)[C@H](N(C)C)[C@H]2O)[C@H](CCNCCCc2ccccc2)C[C@@H](C)C(=O)/C=C/C=C/C[C@@H](C)OC(=O)C[C@@H]1O. The second-order valence-corrected chi connectivity index (χ2v) is 18.9. The molecule has 1 aromatic carbocycles. The molecule has 3 aliphatic rings. The third-order valence-corrected chi connectivity index (χ3v) is 12.4. The quantitative estimate of drug-likeness (QED) is 0.132. The van der Waals surface area contributed by atoms with Crippen molar-refractivity contribution in [2.45, 2.75) is 179 Å². The maximum Gasteiger partial charge on any atom is 0.308 e. The van der Waals surface area contributed by atoms with Crippen LogP contribution in [0.2, 0.25) is 0 Å². The highest BCUT2D eigenvalue weighted by Gasteiger charge is 2.52. The van der Waals surface area contributed by atoms with Crippen LogP contribution in [-0.4, -0.2) is 151 Å². The molecule has 0 bridgehead atoms. The van der Waals surface area contributed by atoms with Gasteiger partial charge < -0.3 is 58.7 Å². The smallest absolute Gasteiger partial charge is 0.308 e. The monoisotopic (exact) mass is 903 g/mol. The molecule has 4 rings (SSSR count). The van der Waals surface area contributed by atoms with E-state index in [-0.39, 0.29) is 31.0 Å². The normalized spacial score (nSPS) is 37.0. The Hall–Kier alpha value is -3.09. The number of aliphatic hydroxyl groups is 3. The Kier molecular flexibility index (Phi) is 21.5. The number of esters is 2. The van der Waals surface area contributed by atoms with Gasteiger partial charge in [-0.15, -0.1) is 0 Å². The van der Waals surface area contributed by atoms with E-state index in [1.54, 1.807) is 53.9 Å². The van der Waals surface area contributed by atoms with Crippen LogP contribution in [0, 0.1) is 17.8 Å². The largest absolute Gasteiger partial charge is 0.462 e. The number of aryl methyl sites for hydroxylation is 1. The molecule has 2 fully saturated rings. The number of methoxy groups -OCH3 is 1. The van der Waals surface area contributed by atoms with Crippen molar-refractivity contribution >= 4 is 17.7 Å². The molecule has 0 unspecified atom stereocenters. The molecule has 15 atom stereocenters. The topological polar surface area (TPSA) is 192 Å². The summed E-state index contributed by atoms with van der Waals surface area (Å²) in [6, 6.07) is 9.53. The fourth-order valence-electron chi connectivity index (χ4n) is 9.08. The van der Waals surface area contributed by atoms with E-state index >= 15 is 0 Å². The van der Waals surface area contributed by atoms with Crippen molar-refractivity contribution < 1.29 is 62.9 Å². The van der Waals surface area contributed by atoms with Gasteiger partial charge >= 0.3 is 11.9 Å². The number of ether oxygens (including phenoxy) is 7. The fraction of sp³-hybridized carbons (Fsp3) is 0.735. The minimum absolute atomic E-state index is 0.0165. The van der Waals surface area contributed by atoms with Gasteiger partial charge in [-0.2, -0.15) is 0 Å². The van der Waals surface area contributed by atoms with E-state index in [1.807, 2.05) is 49.9 Å². The number of benzene rings is 1. The van der Waals surface area contributed by atoms with E-state index in [9.17, 15) is 29.7 Å². The second-order valence-electron chi connectivity index (χ2n) is 18.9. The highest BCUT2D eigenvalue weighted by atomic mass is 16.7. The fourth-order valence-corrected chi connectivity index (χ4v) is 9.08. The molecule has 4 N–H and O–H groups in total. The number of ketones is 1. The van der Waals surface area contributed by atoms with Crippen LogP contribution in [0.1, 0.15) is 99.0 Å². The van der Waals surface area contributed by atoms with Crippen LogP contribution in [0.5, 0.6) is 0 Å². The van der Waals surface area contributed by atoms with Gasteiger partial charge in [-0.1, -0.05) is 69.3 Å². The number of rotatable bonds is 16. The molecular weight excluding hydrogens is 825 g/mol. The van der Waals surface area contributed by atoms with Crippen molar-refractivity contribution in [1.29, 1.82) is 0 Å². The lowest BCUT2D eigenvalue weighted by Gasteiger charge is -2.50. The summed E-state index contributed by atoms with van der Waals surface area (Å²) in [6.07, 6.45) is -0.911. The second kappa shape index (κ2) is 25.7.